The molecular formula is C14H18N4O. The maximum Gasteiger partial charge on any atom is 0.189 e. The molecule has 0 fully saturated rings. The molecule has 0 aliphatic carbocycles. The zero-order valence-electron chi connectivity index (χ0n) is 11.7. The molecule has 0 bridgehead atoms. The van der Waals surface area contributed by atoms with Gasteiger partial charge in [-0.05, 0) is 32.9 Å². The highest BCUT2D eigenvalue weighted by atomic mass is 16.1. The van der Waals surface area contributed by atoms with Gasteiger partial charge in [-0.15, -0.1) is 0 Å². The SMILES string of the molecule is Cc1c(C(=O)/C=C/c2cncn2C(C)C)cnn1C. The second-order valence-electron chi connectivity index (χ2n) is 4.78. The second kappa shape index (κ2) is 5.22. The Balaban J connectivity index is 2.21. The fraction of sp³-hybridized carbons (Fsp3) is 0.357. The third-order valence-electron chi connectivity index (χ3n) is 3.16. The maximum absolute atomic E-state index is 12.1. The molecule has 0 aromatic carbocycles. The molecule has 0 aliphatic rings. The van der Waals surface area contributed by atoms with Crippen LogP contribution in [0.25, 0.3) is 6.08 Å². The van der Waals surface area contributed by atoms with Crippen molar-refractivity contribution in [2.24, 2.45) is 7.05 Å². The van der Waals surface area contributed by atoms with Gasteiger partial charge in [-0.25, -0.2) is 4.98 Å². The van der Waals surface area contributed by atoms with E-state index in [9.17, 15) is 4.79 Å². The number of hydrogen-bond donors (Lipinski definition) is 0. The highest BCUT2D eigenvalue weighted by Gasteiger charge is 2.10. The van der Waals surface area contributed by atoms with Crippen LogP contribution in [0.1, 0.15) is 41.6 Å². The first-order chi connectivity index (χ1) is 9.00. The number of hydrogen-bond acceptors (Lipinski definition) is 3. The molecule has 0 aliphatic heterocycles. The van der Waals surface area contributed by atoms with Crippen molar-refractivity contribution in [3.63, 3.8) is 0 Å². The molecule has 2 heterocycles. The van der Waals surface area contributed by atoms with E-state index in [1.54, 1.807) is 35.6 Å². The number of carbonyl (C=O) groups is 1. The first-order valence-electron chi connectivity index (χ1n) is 6.23. The van der Waals surface area contributed by atoms with Crippen LogP contribution in [0.15, 0.2) is 24.8 Å². The van der Waals surface area contributed by atoms with Crippen molar-refractivity contribution in [1.82, 2.24) is 19.3 Å². The predicted octanol–water partition coefficient (Wildman–Crippen LogP) is 2.40. The summed E-state index contributed by atoms with van der Waals surface area (Å²) in [5, 5.41) is 4.07. The molecule has 0 saturated heterocycles. The number of aromatic nitrogens is 4. The van der Waals surface area contributed by atoms with Crippen LogP contribution in [0.2, 0.25) is 0 Å². The molecule has 2 aromatic heterocycles. The molecule has 0 spiro atoms. The van der Waals surface area contributed by atoms with Gasteiger partial charge in [-0.2, -0.15) is 5.10 Å². The van der Waals surface area contributed by atoms with Gasteiger partial charge in [0.2, 0.25) is 0 Å². The van der Waals surface area contributed by atoms with Crippen LogP contribution in [0.4, 0.5) is 0 Å². The fourth-order valence-corrected chi connectivity index (χ4v) is 1.87. The Morgan fingerprint density at radius 3 is 2.68 bits per heavy atom. The smallest absolute Gasteiger partial charge is 0.189 e. The monoisotopic (exact) mass is 258 g/mol. The Morgan fingerprint density at radius 2 is 2.11 bits per heavy atom. The highest BCUT2D eigenvalue weighted by Crippen LogP contribution is 2.12. The number of nitrogens with zero attached hydrogens (tertiary/aromatic N) is 4. The summed E-state index contributed by atoms with van der Waals surface area (Å²) >= 11 is 0. The molecule has 0 atom stereocenters. The summed E-state index contributed by atoms with van der Waals surface area (Å²) in [7, 11) is 1.82. The van der Waals surface area contributed by atoms with Crippen LogP contribution in [0.3, 0.4) is 0 Å². The van der Waals surface area contributed by atoms with Crippen molar-refractivity contribution >= 4 is 11.9 Å². The minimum atomic E-state index is -0.0397. The van der Waals surface area contributed by atoms with Crippen molar-refractivity contribution in [1.29, 1.82) is 0 Å². The number of imidazole rings is 1. The quantitative estimate of drug-likeness (QED) is 0.625. The van der Waals surface area contributed by atoms with E-state index in [0.29, 0.717) is 11.6 Å². The first kappa shape index (κ1) is 13.3. The van der Waals surface area contributed by atoms with Gasteiger partial charge in [0.15, 0.2) is 5.78 Å². The molecule has 0 radical (unpaired) electrons. The van der Waals surface area contributed by atoms with Gasteiger partial charge >= 0.3 is 0 Å². The predicted molar refractivity (Wildman–Crippen MR) is 73.9 cm³/mol. The van der Waals surface area contributed by atoms with Crippen LogP contribution in [-0.4, -0.2) is 25.1 Å². The van der Waals surface area contributed by atoms with E-state index >= 15 is 0 Å². The van der Waals surface area contributed by atoms with Crippen LogP contribution in [0.5, 0.6) is 0 Å². The average Bonchev–Trinajstić information content (AvgIpc) is 2.95. The lowest BCUT2D eigenvalue weighted by molar-refractivity contribution is 0.104. The lowest BCUT2D eigenvalue weighted by Crippen LogP contribution is -2.02. The number of allylic oxidation sites excluding steroid dienone is 1. The van der Waals surface area contributed by atoms with E-state index in [0.717, 1.165) is 11.4 Å². The Bertz CT molecular complexity index is 619. The molecule has 0 amide bonds. The molecule has 5 heteroatoms. The van der Waals surface area contributed by atoms with Gasteiger partial charge in [0.05, 0.1) is 30.0 Å². The van der Waals surface area contributed by atoms with E-state index in [2.05, 4.69) is 23.9 Å². The zero-order valence-corrected chi connectivity index (χ0v) is 11.7. The normalized spacial score (nSPS) is 11.6. The van der Waals surface area contributed by atoms with Gasteiger partial charge in [-0.3, -0.25) is 9.48 Å². The van der Waals surface area contributed by atoms with E-state index < -0.39 is 0 Å². The van der Waals surface area contributed by atoms with Gasteiger partial charge < -0.3 is 4.57 Å². The standard InChI is InChI=1S/C14H18N4O/c1-10(2)18-9-15-7-12(18)5-6-14(19)13-8-16-17(4)11(13)3/h5-10H,1-4H3/b6-5+. The fourth-order valence-electron chi connectivity index (χ4n) is 1.87. The molecule has 0 N–H and O–H groups in total. The summed E-state index contributed by atoms with van der Waals surface area (Å²) in [6, 6.07) is 0.317. The molecule has 100 valence electrons. The van der Waals surface area contributed by atoms with Crippen molar-refractivity contribution in [2.75, 3.05) is 0 Å². The van der Waals surface area contributed by atoms with E-state index in [1.165, 1.54) is 0 Å². The summed E-state index contributed by atoms with van der Waals surface area (Å²) in [6.07, 6.45) is 8.48. The van der Waals surface area contributed by atoms with Crippen molar-refractivity contribution in [3.05, 3.63) is 41.7 Å². The first-order valence-corrected chi connectivity index (χ1v) is 6.23. The number of ketones is 1. The molecule has 0 unspecified atom stereocenters. The largest absolute Gasteiger partial charge is 0.329 e. The van der Waals surface area contributed by atoms with Crippen molar-refractivity contribution in [3.8, 4) is 0 Å². The van der Waals surface area contributed by atoms with Gasteiger partial charge in [0.25, 0.3) is 0 Å². The van der Waals surface area contributed by atoms with Gasteiger partial charge in [0.1, 0.15) is 0 Å². The molecule has 2 rings (SSSR count). The van der Waals surface area contributed by atoms with Crippen LogP contribution in [-0.2, 0) is 7.05 Å². The van der Waals surface area contributed by atoms with Crippen molar-refractivity contribution in [2.45, 2.75) is 26.8 Å². The molecule has 2 aromatic rings. The van der Waals surface area contributed by atoms with E-state index in [4.69, 9.17) is 0 Å². The van der Waals surface area contributed by atoms with Crippen LogP contribution in [0, 0.1) is 6.92 Å². The van der Waals surface area contributed by atoms with Crippen molar-refractivity contribution < 1.29 is 4.79 Å². The third kappa shape index (κ3) is 2.65. The third-order valence-corrected chi connectivity index (χ3v) is 3.16. The Labute approximate surface area is 112 Å². The number of rotatable bonds is 4. The minimum absolute atomic E-state index is 0.0397. The lowest BCUT2D eigenvalue weighted by atomic mass is 10.1. The molecule has 19 heavy (non-hydrogen) atoms. The second-order valence-corrected chi connectivity index (χ2v) is 4.78. The van der Waals surface area contributed by atoms with Crippen LogP contribution >= 0.6 is 0 Å². The maximum atomic E-state index is 12.1. The summed E-state index contributed by atoms with van der Waals surface area (Å²) < 4.78 is 3.71. The minimum Gasteiger partial charge on any atom is -0.329 e. The van der Waals surface area contributed by atoms with Gasteiger partial charge in [0, 0.05) is 18.8 Å². The number of carbonyl (C=O) groups excluding carboxylic acids is 1. The summed E-state index contributed by atoms with van der Waals surface area (Å²) in [6.45, 7) is 6.03. The summed E-state index contributed by atoms with van der Waals surface area (Å²) in [5.74, 6) is -0.0397. The summed E-state index contributed by atoms with van der Waals surface area (Å²) in [5.41, 5.74) is 2.42. The lowest BCUT2D eigenvalue weighted by Gasteiger charge is -2.08. The van der Waals surface area contributed by atoms with Crippen LogP contribution < -0.4 is 0 Å². The Kier molecular flexibility index (Phi) is 3.64. The topological polar surface area (TPSA) is 52.7 Å². The summed E-state index contributed by atoms with van der Waals surface area (Å²) in [4.78, 5) is 16.2. The van der Waals surface area contributed by atoms with E-state index in [-0.39, 0.29) is 5.78 Å². The molecule has 5 nitrogen and oxygen atoms in total. The molecule has 0 saturated carbocycles. The van der Waals surface area contributed by atoms with Gasteiger partial charge in [-0.1, -0.05) is 0 Å². The average molecular weight is 258 g/mol. The molecular weight excluding hydrogens is 240 g/mol. The Morgan fingerprint density at radius 1 is 1.37 bits per heavy atom. The number of aryl methyl sites for hydroxylation is 1. The van der Waals surface area contributed by atoms with E-state index in [1.807, 2.05) is 18.5 Å². The Hall–Kier alpha value is -2.17. The highest BCUT2D eigenvalue weighted by molar-refractivity contribution is 6.07. The zero-order chi connectivity index (χ0) is 14.0.